The first-order valence-electron chi connectivity index (χ1n) is 5.74. The van der Waals surface area contributed by atoms with Gasteiger partial charge in [0.1, 0.15) is 0 Å². The van der Waals surface area contributed by atoms with Gasteiger partial charge in [-0.1, -0.05) is 25.7 Å². The molecule has 2 heteroatoms. The molecule has 1 nitrogen and oxygen atoms in total. The lowest BCUT2D eigenvalue weighted by atomic mass is 10.4. The van der Waals surface area contributed by atoms with Crippen molar-refractivity contribution in [1.29, 1.82) is 0 Å². The van der Waals surface area contributed by atoms with Gasteiger partial charge in [-0.25, -0.2) is 0 Å². The van der Waals surface area contributed by atoms with Crippen LogP contribution in [0.25, 0.3) is 0 Å². The molecular formula is C11H21OP. The molecule has 2 aliphatic carbocycles. The van der Waals surface area contributed by atoms with Gasteiger partial charge in [0.05, 0.1) is 0 Å². The average molecular weight is 200 g/mol. The Labute approximate surface area is 83.1 Å². The summed E-state index contributed by atoms with van der Waals surface area (Å²) in [6.07, 6.45) is 11.6. The molecule has 2 saturated carbocycles. The van der Waals surface area contributed by atoms with Crippen LogP contribution >= 0.6 is 8.15 Å². The maximum absolute atomic E-state index is 5.78. The van der Waals surface area contributed by atoms with Crippen LogP contribution in [0.15, 0.2) is 0 Å². The monoisotopic (exact) mass is 200 g/mol. The van der Waals surface area contributed by atoms with E-state index in [1.54, 1.807) is 0 Å². The first-order valence-corrected chi connectivity index (χ1v) is 7.14. The molecule has 0 amide bonds. The molecule has 0 aromatic heterocycles. The zero-order chi connectivity index (χ0) is 9.10. The highest BCUT2D eigenvalue weighted by Gasteiger charge is 2.33. The van der Waals surface area contributed by atoms with E-state index < -0.39 is 0 Å². The van der Waals surface area contributed by atoms with Gasteiger partial charge in [-0.3, -0.25) is 0 Å². The molecule has 0 aromatic rings. The largest absolute Gasteiger partial charge is 0.362 e. The molecule has 2 rings (SSSR count). The molecule has 2 fully saturated rings. The van der Waals surface area contributed by atoms with Crippen molar-refractivity contribution in [2.75, 3.05) is 7.11 Å². The van der Waals surface area contributed by atoms with Gasteiger partial charge in [0, 0.05) is 26.6 Å². The Hall–Kier alpha value is 0.390. The zero-order valence-electron chi connectivity index (χ0n) is 8.67. The second-order valence-corrected chi connectivity index (χ2v) is 6.96. The Bertz CT molecular complexity index is 132. The van der Waals surface area contributed by atoms with Crippen LogP contribution in [0.2, 0.25) is 0 Å². The van der Waals surface area contributed by atoms with Crippen molar-refractivity contribution >= 4 is 8.15 Å². The zero-order valence-corrected chi connectivity index (χ0v) is 9.56. The number of hydrogen-bond acceptors (Lipinski definition) is 1. The Morgan fingerprint density at radius 1 is 0.846 bits per heavy atom. The van der Waals surface area contributed by atoms with Crippen LogP contribution < -0.4 is 0 Å². The van der Waals surface area contributed by atoms with Crippen LogP contribution in [-0.2, 0) is 4.52 Å². The lowest BCUT2D eigenvalue weighted by molar-refractivity contribution is 0.441. The third-order valence-corrected chi connectivity index (χ3v) is 6.47. The lowest BCUT2D eigenvalue weighted by Gasteiger charge is -2.27. The maximum atomic E-state index is 5.78. The molecule has 0 aliphatic heterocycles. The van der Waals surface area contributed by atoms with Gasteiger partial charge in [0.25, 0.3) is 0 Å². The van der Waals surface area contributed by atoms with Crippen molar-refractivity contribution in [3.63, 3.8) is 0 Å². The average Bonchev–Trinajstić information content (AvgIpc) is 2.76. The topological polar surface area (TPSA) is 9.23 Å². The van der Waals surface area contributed by atoms with E-state index in [4.69, 9.17) is 4.52 Å². The molecular weight excluding hydrogens is 179 g/mol. The molecule has 0 heterocycles. The molecule has 0 saturated heterocycles. The third-order valence-electron chi connectivity index (χ3n) is 3.58. The molecule has 76 valence electrons. The van der Waals surface area contributed by atoms with Crippen LogP contribution in [0, 0.1) is 0 Å². The molecule has 0 atom stereocenters. The molecule has 0 bridgehead atoms. The van der Waals surface area contributed by atoms with Gasteiger partial charge < -0.3 is 4.52 Å². The van der Waals surface area contributed by atoms with E-state index in [0.717, 1.165) is 11.3 Å². The van der Waals surface area contributed by atoms with Crippen molar-refractivity contribution in [1.82, 2.24) is 0 Å². The van der Waals surface area contributed by atoms with Crippen molar-refractivity contribution in [2.45, 2.75) is 62.7 Å². The van der Waals surface area contributed by atoms with E-state index in [9.17, 15) is 0 Å². The quantitative estimate of drug-likeness (QED) is 0.627. The van der Waals surface area contributed by atoms with Crippen LogP contribution in [0.4, 0.5) is 0 Å². The summed E-state index contributed by atoms with van der Waals surface area (Å²) in [6, 6.07) is 0. The summed E-state index contributed by atoms with van der Waals surface area (Å²) >= 11 is 0. The van der Waals surface area contributed by atoms with Crippen LogP contribution in [0.3, 0.4) is 0 Å². The molecule has 0 aromatic carbocycles. The minimum atomic E-state index is -0.0607. The fraction of sp³-hybridized carbons (Fsp3) is 1.00. The van der Waals surface area contributed by atoms with Gasteiger partial charge in [0.2, 0.25) is 0 Å². The predicted molar refractivity (Wildman–Crippen MR) is 58.4 cm³/mol. The van der Waals surface area contributed by atoms with Crippen LogP contribution in [0.1, 0.15) is 51.4 Å². The normalized spacial score (nSPS) is 26.3. The second-order valence-electron chi connectivity index (χ2n) is 4.42. The van der Waals surface area contributed by atoms with E-state index in [-0.39, 0.29) is 8.15 Å². The molecule has 13 heavy (non-hydrogen) atoms. The van der Waals surface area contributed by atoms with Crippen LogP contribution in [-0.4, -0.2) is 18.4 Å². The molecule has 0 spiro atoms. The van der Waals surface area contributed by atoms with Gasteiger partial charge in [-0.05, 0) is 25.7 Å². The van der Waals surface area contributed by atoms with Gasteiger partial charge in [0.15, 0.2) is 0 Å². The van der Waals surface area contributed by atoms with Gasteiger partial charge in [-0.2, -0.15) is 0 Å². The fourth-order valence-electron chi connectivity index (χ4n) is 2.91. The van der Waals surface area contributed by atoms with Gasteiger partial charge >= 0.3 is 0 Å². The Morgan fingerprint density at radius 2 is 1.23 bits per heavy atom. The van der Waals surface area contributed by atoms with Crippen molar-refractivity contribution in [2.24, 2.45) is 0 Å². The van der Waals surface area contributed by atoms with E-state index in [0.29, 0.717) is 0 Å². The first-order chi connectivity index (χ1) is 6.42. The molecule has 2 aliphatic rings. The third kappa shape index (κ3) is 2.25. The van der Waals surface area contributed by atoms with Crippen molar-refractivity contribution in [3.05, 3.63) is 0 Å². The van der Waals surface area contributed by atoms with Crippen molar-refractivity contribution in [3.8, 4) is 0 Å². The van der Waals surface area contributed by atoms with Crippen LogP contribution in [0.5, 0.6) is 0 Å². The van der Waals surface area contributed by atoms with E-state index in [1.807, 2.05) is 7.11 Å². The smallest absolute Gasteiger partial charge is 0.0398 e. The summed E-state index contributed by atoms with van der Waals surface area (Å²) in [6.45, 7) is 0. The Morgan fingerprint density at radius 3 is 1.54 bits per heavy atom. The maximum Gasteiger partial charge on any atom is 0.0398 e. The fourth-order valence-corrected chi connectivity index (χ4v) is 5.85. The summed E-state index contributed by atoms with van der Waals surface area (Å²) in [7, 11) is 1.89. The molecule has 0 N–H and O–H groups in total. The minimum absolute atomic E-state index is 0.0607. The summed E-state index contributed by atoms with van der Waals surface area (Å²) in [5.74, 6) is 0. The van der Waals surface area contributed by atoms with Gasteiger partial charge in [-0.15, -0.1) is 0 Å². The predicted octanol–water partition coefficient (Wildman–Crippen LogP) is 3.91. The van der Waals surface area contributed by atoms with Crippen molar-refractivity contribution < 1.29 is 4.52 Å². The lowest BCUT2D eigenvalue weighted by Crippen LogP contribution is -2.10. The Balaban J connectivity index is 1.90. The number of rotatable bonds is 3. The highest BCUT2D eigenvalue weighted by atomic mass is 31.1. The summed E-state index contributed by atoms with van der Waals surface area (Å²) in [5.41, 5.74) is 1.92. The standard InChI is InChI=1S/C11H21OP/c1-12-13(10-6-2-3-7-10)11-8-4-5-9-11/h10-11H,2-9H2,1H3. The minimum Gasteiger partial charge on any atom is -0.362 e. The van der Waals surface area contributed by atoms with E-state index in [1.165, 1.54) is 51.4 Å². The highest BCUT2D eigenvalue weighted by Crippen LogP contribution is 2.57. The van der Waals surface area contributed by atoms with E-state index in [2.05, 4.69) is 0 Å². The van der Waals surface area contributed by atoms with E-state index >= 15 is 0 Å². The first kappa shape index (κ1) is 9.93. The Kier molecular flexibility index (Phi) is 3.63. The number of hydrogen-bond donors (Lipinski definition) is 0. The molecule has 0 radical (unpaired) electrons. The molecule has 0 unspecified atom stereocenters. The highest BCUT2D eigenvalue weighted by molar-refractivity contribution is 7.54. The summed E-state index contributed by atoms with van der Waals surface area (Å²) in [4.78, 5) is 0. The summed E-state index contributed by atoms with van der Waals surface area (Å²) in [5, 5.41) is 0. The SMILES string of the molecule is COP(C1CCCC1)C1CCCC1. The summed E-state index contributed by atoms with van der Waals surface area (Å²) < 4.78 is 5.78. The second kappa shape index (κ2) is 4.75.